The molecule has 13 heavy (non-hydrogen) atoms. The quantitative estimate of drug-likeness (QED) is 0.463. The van der Waals surface area contributed by atoms with Crippen molar-refractivity contribution in [2.75, 3.05) is 6.54 Å². The van der Waals surface area contributed by atoms with Crippen LogP contribution in [0.3, 0.4) is 0 Å². The van der Waals surface area contributed by atoms with Crippen molar-refractivity contribution in [1.82, 2.24) is 0 Å². The first-order valence-electron chi connectivity index (χ1n) is 4.19. The highest BCUT2D eigenvalue weighted by Gasteiger charge is 2.06. The molecule has 0 fully saturated rings. The normalized spacial score (nSPS) is 17.4. The summed E-state index contributed by atoms with van der Waals surface area (Å²) in [4.78, 5) is 0. The second-order valence-electron chi connectivity index (χ2n) is 3.07. The third-order valence-electron chi connectivity index (χ3n) is 1.55. The van der Waals surface area contributed by atoms with Gasteiger partial charge in [0.15, 0.2) is 0 Å². The molecule has 0 rings (SSSR count). The smallest absolute Gasteiger partial charge is 0.0497 e. The summed E-state index contributed by atoms with van der Waals surface area (Å²) in [5, 5.41) is 0. The van der Waals surface area contributed by atoms with Gasteiger partial charge >= 0.3 is 0 Å². The molecule has 0 aliphatic heterocycles. The van der Waals surface area contributed by atoms with Crippen molar-refractivity contribution in [3.63, 3.8) is 0 Å². The van der Waals surface area contributed by atoms with Crippen LogP contribution in [0.25, 0.3) is 0 Å². The van der Waals surface area contributed by atoms with E-state index in [-0.39, 0.29) is 0 Å². The summed E-state index contributed by atoms with van der Waals surface area (Å²) in [7, 11) is 0. The van der Waals surface area contributed by atoms with E-state index in [2.05, 4.69) is 35.2 Å². The molecule has 0 heterocycles. The monoisotopic (exact) mass is 292 g/mol. The van der Waals surface area contributed by atoms with Crippen molar-refractivity contribution in [3.8, 4) is 0 Å². The summed E-state index contributed by atoms with van der Waals surface area (Å²) in [6.07, 6.45) is 8.61. The maximum Gasteiger partial charge on any atom is 0.0497 e. The molecule has 0 radical (unpaired) electrons. The molecular weight excluding hydrogens is 275 g/mol. The molecule has 0 saturated carbocycles. The van der Waals surface area contributed by atoms with Crippen LogP contribution in [0, 0.1) is 0 Å². The van der Waals surface area contributed by atoms with Gasteiger partial charge in [-0.2, -0.15) is 0 Å². The van der Waals surface area contributed by atoms with Crippen LogP contribution in [-0.2, 0) is 0 Å². The standard InChI is InChI=1S/C10H17IN2/c1-3-10(2,13)7-6-9(11)5-4-8-12/h3,5-7H,1,4,8,12-13H2,2H3/b7-6-,9-5+. The fourth-order valence-electron chi connectivity index (χ4n) is 0.616. The van der Waals surface area contributed by atoms with Crippen LogP contribution >= 0.6 is 22.6 Å². The summed E-state index contributed by atoms with van der Waals surface area (Å²) < 4.78 is 1.15. The van der Waals surface area contributed by atoms with Gasteiger partial charge in [0.25, 0.3) is 0 Å². The van der Waals surface area contributed by atoms with Gasteiger partial charge in [-0.05, 0) is 42.5 Å². The largest absolute Gasteiger partial charge is 0.330 e. The van der Waals surface area contributed by atoms with Crippen LogP contribution in [0.4, 0.5) is 0 Å². The van der Waals surface area contributed by atoms with Crippen molar-refractivity contribution in [1.29, 1.82) is 0 Å². The Morgan fingerprint density at radius 2 is 2.23 bits per heavy atom. The Hall–Kier alpha value is -0.130. The van der Waals surface area contributed by atoms with Crippen molar-refractivity contribution in [2.45, 2.75) is 18.9 Å². The number of hydrogen-bond donors (Lipinski definition) is 2. The van der Waals surface area contributed by atoms with Gasteiger partial charge in [0, 0.05) is 9.12 Å². The Kier molecular flexibility index (Phi) is 6.28. The zero-order valence-corrected chi connectivity index (χ0v) is 10.1. The van der Waals surface area contributed by atoms with Gasteiger partial charge in [-0.1, -0.05) is 24.3 Å². The summed E-state index contributed by atoms with van der Waals surface area (Å²) in [5.41, 5.74) is 10.8. The van der Waals surface area contributed by atoms with Crippen LogP contribution in [0.1, 0.15) is 13.3 Å². The average molecular weight is 292 g/mol. The van der Waals surface area contributed by atoms with Gasteiger partial charge < -0.3 is 11.5 Å². The maximum atomic E-state index is 5.83. The van der Waals surface area contributed by atoms with E-state index in [9.17, 15) is 0 Å². The zero-order valence-electron chi connectivity index (χ0n) is 7.96. The molecule has 0 aliphatic rings. The molecule has 0 spiro atoms. The maximum absolute atomic E-state index is 5.83. The van der Waals surface area contributed by atoms with Gasteiger partial charge in [-0.25, -0.2) is 0 Å². The third-order valence-corrected chi connectivity index (χ3v) is 2.35. The highest BCUT2D eigenvalue weighted by Crippen LogP contribution is 2.11. The van der Waals surface area contributed by atoms with Crippen molar-refractivity contribution < 1.29 is 0 Å². The Labute approximate surface area is 93.9 Å². The SMILES string of the molecule is C=CC(C)(N)/C=C\C(I)=C/CCN. The van der Waals surface area contributed by atoms with Gasteiger partial charge in [-0.15, -0.1) is 6.58 Å². The molecule has 0 saturated heterocycles. The molecule has 0 aromatic rings. The van der Waals surface area contributed by atoms with Crippen LogP contribution < -0.4 is 11.5 Å². The lowest BCUT2D eigenvalue weighted by Crippen LogP contribution is -2.30. The Balaban J connectivity index is 4.18. The van der Waals surface area contributed by atoms with Crippen molar-refractivity contribution in [2.24, 2.45) is 11.5 Å². The second-order valence-corrected chi connectivity index (χ2v) is 4.32. The van der Waals surface area contributed by atoms with Gasteiger partial charge in [0.2, 0.25) is 0 Å². The number of nitrogens with two attached hydrogens (primary N) is 2. The first-order valence-corrected chi connectivity index (χ1v) is 5.27. The molecular formula is C10H17IN2. The van der Waals surface area contributed by atoms with E-state index in [0.29, 0.717) is 6.54 Å². The van der Waals surface area contributed by atoms with E-state index in [1.165, 1.54) is 0 Å². The number of rotatable bonds is 5. The number of halogens is 1. The first kappa shape index (κ1) is 12.9. The molecule has 2 nitrogen and oxygen atoms in total. The lowest BCUT2D eigenvalue weighted by Gasteiger charge is -2.13. The minimum absolute atomic E-state index is 0.424. The molecule has 1 atom stereocenters. The first-order chi connectivity index (χ1) is 6.02. The van der Waals surface area contributed by atoms with Crippen molar-refractivity contribution in [3.05, 3.63) is 34.5 Å². The molecule has 0 aliphatic carbocycles. The predicted octanol–water partition coefficient (Wildman–Crippen LogP) is 2.11. The summed E-state index contributed by atoms with van der Waals surface area (Å²) in [5.74, 6) is 0. The Morgan fingerprint density at radius 3 is 2.69 bits per heavy atom. The summed E-state index contributed by atoms with van der Waals surface area (Å²) in [6.45, 7) is 6.24. The number of allylic oxidation sites excluding steroid dienone is 2. The highest BCUT2D eigenvalue weighted by molar-refractivity contribution is 14.1. The minimum atomic E-state index is -0.424. The zero-order chi connectivity index (χ0) is 10.3. The highest BCUT2D eigenvalue weighted by atomic mass is 127. The Morgan fingerprint density at radius 1 is 1.62 bits per heavy atom. The molecule has 74 valence electrons. The molecule has 0 amide bonds. The lowest BCUT2D eigenvalue weighted by molar-refractivity contribution is 0.737. The van der Waals surface area contributed by atoms with E-state index >= 15 is 0 Å². The molecule has 3 heteroatoms. The molecule has 4 N–H and O–H groups in total. The summed E-state index contributed by atoms with van der Waals surface area (Å²) in [6, 6.07) is 0. The van der Waals surface area contributed by atoms with Gasteiger partial charge in [0.1, 0.15) is 0 Å². The fourth-order valence-corrected chi connectivity index (χ4v) is 1.11. The van der Waals surface area contributed by atoms with Crippen LogP contribution in [0.2, 0.25) is 0 Å². The third kappa shape index (κ3) is 6.98. The fraction of sp³-hybridized carbons (Fsp3) is 0.400. The van der Waals surface area contributed by atoms with Gasteiger partial charge in [-0.3, -0.25) is 0 Å². The van der Waals surface area contributed by atoms with E-state index in [4.69, 9.17) is 11.5 Å². The van der Waals surface area contributed by atoms with Crippen LogP contribution in [0.5, 0.6) is 0 Å². The second kappa shape index (κ2) is 6.34. The van der Waals surface area contributed by atoms with Gasteiger partial charge in [0.05, 0.1) is 0 Å². The lowest BCUT2D eigenvalue weighted by atomic mass is 10.0. The molecule has 0 aromatic carbocycles. The predicted molar refractivity (Wildman–Crippen MR) is 67.7 cm³/mol. The topological polar surface area (TPSA) is 52.0 Å². The average Bonchev–Trinajstić information content (AvgIpc) is 2.11. The van der Waals surface area contributed by atoms with E-state index < -0.39 is 5.54 Å². The summed E-state index contributed by atoms with van der Waals surface area (Å²) >= 11 is 2.25. The van der Waals surface area contributed by atoms with E-state index in [0.717, 1.165) is 10.0 Å². The molecule has 0 bridgehead atoms. The van der Waals surface area contributed by atoms with Crippen LogP contribution in [0.15, 0.2) is 34.5 Å². The molecule has 0 aromatic heterocycles. The molecule has 1 unspecified atom stereocenters. The van der Waals surface area contributed by atoms with E-state index in [1.807, 2.05) is 19.1 Å². The Bertz CT molecular complexity index is 217. The number of hydrogen-bond acceptors (Lipinski definition) is 2. The minimum Gasteiger partial charge on any atom is -0.330 e. The van der Waals surface area contributed by atoms with E-state index in [1.54, 1.807) is 6.08 Å². The van der Waals surface area contributed by atoms with Crippen molar-refractivity contribution >= 4 is 22.6 Å². The van der Waals surface area contributed by atoms with Crippen LogP contribution in [-0.4, -0.2) is 12.1 Å².